The van der Waals surface area contributed by atoms with Crippen LogP contribution < -0.4 is 4.90 Å². The second kappa shape index (κ2) is 5.71. The van der Waals surface area contributed by atoms with Crippen LogP contribution in [0.2, 0.25) is 0 Å². The number of pyridine rings is 1. The van der Waals surface area contributed by atoms with E-state index in [9.17, 15) is 0 Å². The van der Waals surface area contributed by atoms with Crippen molar-refractivity contribution >= 4 is 5.82 Å². The first-order valence-electron chi connectivity index (χ1n) is 6.76. The minimum Gasteiger partial charge on any atom is -0.361 e. The highest BCUT2D eigenvalue weighted by Crippen LogP contribution is 2.31. The van der Waals surface area contributed by atoms with E-state index >= 15 is 0 Å². The molecule has 0 bridgehead atoms. The van der Waals surface area contributed by atoms with Gasteiger partial charge in [-0.1, -0.05) is 30.3 Å². The Bertz CT molecular complexity index is 724. The predicted molar refractivity (Wildman–Crippen MR) is 85.0 cm³/mol. The smallest absolute Gasteiger partial charge is 0.151 e. The Morgan fingerprint density at radius 1 is 0.810 bits per heavy atom. The molecule has 0 radical (unpaired) electrons. The van der Waals surface area contributed by atoms with Crippen LogP contribution in [0.3, 0.4) is 0 Å². The predicted octanol–water partition coefficient (Wildman–Crippen LogP) is 3.27. The molecule has 0 amide bonds. The first kappa shape index (κ1) is 13.2. The average Bonchev–Trinajstić information content (AvgIpc) is 2.56. The van der Waals surface area contributed by atoms with Crippen molar-refractivity contribution < 1.29 is 0 Å². The zero-order valence-corrected chi connectivity index (χ0v) is 12.1. The quantitative estimate of drug-likeness (QED) is 0.736. The van der Waals surface area contributed by atoms with Gasteiger partial charge in [0.2, 0.25) is 0 Å². The summed E-state index contributed by atoms with van der Waals surface area (Å²) in [4.78, 5) is 6.04. The number of hydrogen-bond donors (Lipinski definition) is 0. The van der Waals surface area contributed by atoms with Crippen LogP contribution in [0.4, 0.5) is 5.82 Å². The summed E-state index contributed by atoms with van der Waals surface area (Å²) in [6.45, 7) is 0. The number of hydrogen-bond acceptors (Lipinski definition) is 4. The number of nitrogens with zero attached hydrogens (tertiary/aromatic N) is 4. The molecule has 104 valence electrons. The molecule has 0 unspecified atom stereocenters. The van der Waals surface area contributed by atoms with Crippen molar-refractivity contribution in [3.8, 4) is 22.4 Å². The number of anilines is 1. The van der Waals surface area contributed by atoms with E-state index in [1.165, 1.54) is 0 Å². The van der Waals surface area contributed by atoms with Gasteiger partial charge in [0.25, 0.3) is 0 Å². The lowest BCUT2D eigenvalue weighted by molar-refractivity contribution is 0.970. The Morgan fingerprint density at radius 2 is 1.52 bits per heavy atom. The van der Waals surface area contributed by atoms with Gasteiger partial charge in [0, 0.05) is 37.6 Å². The van der Waals surface area contributed by atoms with Gasteiger partial charge in [-0.25, -0.2) is 0 Å². The summed E-state index contributed by atoms with van der Waals surface area (Å²) in [5.41, 5.74) is 4.08. The van der Waals surface area contributed by atoms with Gasteiger partial charge in [-0.2, -0.15) is 0 Å². The summed E-state index contributed by atoms with van der Waals surface area (Å²) in [5.74, 6) is 0.835. The Morgan fingerprint density at radius 3 is 2.19 bits per heavy atom. The van der Waals surface area contributed by atoms with E-state index in [0.29, 0.717) is 0 Å². The third-order valence-corrected chi connectivity index (χ3v) is 3.28. The SMILES string of the molecule is CN(C)c1cc(-c2ccncc2)c(-c2ccccc2)nn1. The molecule has 0 spiro atoms. The maximum absolute atomic E-state index is 4.43. The van der Waals surface area contributed by atoms with Gasteiger partial charge < -0.3 is 4.90 Å². The molecule has 4 heteroatoms. The summed E-state index contributed by atoms with van der Waals surface area (Å²) in [5, 5.41) is 8.74. The van der Waals surface area contributed by atoms with Crippen LogP contribution >= 0.6 is 0 Å². The van der Waals surface area contributed by atoms with Gasteiger partial charge in [0.1, 0.15) is 5.69 Å². The maximum Gasteiger partial charge on any atom is 0.151 e. The van der Waals surface area contributed by atoms with Gasteiger partial charge in [-0.05, 0) is 23.8 Å². The average molecular weight is 276 g/mol. The van der Waals surface area contributed by atoms with Crippen LogP contribution in [-0.2, 0) is 0 Å². The first-order valence-corrected chi connectivity index (χ1v) is 6.76. The molecular weight excluding hydrogens is 260 g/mol. The van der Waals surface area contributed by atoms with Crippen LogP contribution in [0.25, 0.3) is 22.4 Å². The molecule has 2 aromatic heterocycles. The molecule has 0 aliphatic rings. The molecule has 0 N–H and O–H groups in total. The van der Waals surface area contributed by atoms with E-state index in [2.05, 4.69) is 21.2 Å². The highest BCUT2D eigenvalue weighted by atomic mass is 15.2. The van der Waals surface area contributed by atoms with Crippen LogP contribution in [0.5, 0.6) is 0 Å². The van der Waals surface area contributed by atoms with Gasteiger partial charge in [0.15, 0.2) is 5.82 Å². The largest absolute Gasteiger partial charge is 0.361 e. The summed E-state index contributed by atoms with van der Waals surface area (Å²) in [6.07, 6.45) is 3.58. The number of benzene rings is 1. The van der Waals surface area contributed by atoms with E-state index in [-0.39, 0.29) is 0 Å². The van der Waals surface area contributed by atoms with E-state index in [4.69, 9.17) is 0 Å². The Labute approximate surface area is 124 Å². The fraction of sp³-hybridized carbons (Fsp3) is 0.118. The topological polar surface area (TPSA) is 41.9 Å². The molecule has 0 atom stereocenters. The second-order valence-corrected chi connectivity index (χ2v) is 4.96. The molecule has 0 aliphatic heterocycles. The summed E-state index contributed by atoms with van der Waals surface area (Å²) >= 11 is 0. The van der Waals surface area contributed by atoms with E-state index in [0.717, 1.165) is 28.2 Å². The zero-order valence-electron chi connectivity index (χ0n) is 12.1. The first-order chi connectivity index (χ1) is 10.3. The van der Waals surface area contributed by atoms with Gasteiger partial charge in [-0.15, -0.1) is 10.2 Å². The van der Waals surface area contributed by atoms with Crippen molar-refractivity contribution in [1.29, 1.82) is 0 Å². The molecule has 3 aromatic rings. The lowest BCUT2D eigenvalue weighted by atomic mass is 10.0. The molecule has 0 saturated heterocycles. The second-order valence-electron chi connectivity index (χ2n) is 4.96. The molecule has 4 nitrogen and oxygen atoms in total. The van der Waals surface area contributed by atoms with E-state index < -0.39 is 0 Å². The van der Waals surface area contributed by atoms with Crippen molar-refractivity contribution in [2.75, 3.05) is 19.0 Å². The normalized spacial score (nSPS) is 10.4. The fourth-order valence-electron chi connectivity index (χ4n) is 2.16. The van der Waals surface area contributed by atoms with Gasteiger partial charge >= 0.3 is 0 Å². The van der Waals surface area contributed by atoms with Crippen molar-refractivity contribution in [2.24, 2.45) is 0 Å². The Kier molecular flexibility index (Phi) is 3.60. The van der Waals surface area contributed by atoms with Crippen LogP contribution in [0, 0.1) is 0 Å². The molecule has 0 fully saturated rings. The molecule has 2 heterocycles. The van der Waals surface area contributed by atoms with Gasteiger partial charge in [-0.3, -0.25) is 4.98 Å². The highest BCUT2D eigenvalue weighted by molar-refractivity contribution is 5.81. The highest BCUT2D eigenvalue weighted by Gasteiger charge is 2.12. The maximum atomic E-state index is 4.43. The molecule has 3 rings (SSSR count). The minimum atomic E-state index is 0.835. The zero-order chi connectivity index (χ0) is 14.7. The molecule has 0 saturated carbocycles. The summed E-state index contributed by atoms with van der Waals surface area (Å²) in [6, 6.07) is 16.1. The monoisotopic (exact) mass is 276 g/mol. The van der Waals surface area contributed by atoms with Crippen molar-refractivity contribution in [3.05, 3.63) is 60.9 Å². The van der Waals surface area contributed by atoms with E-state index in [1.807, 2.05) is 61.5 Å². The number of aromatic nitrogens is 3. The Hall–Kier alpha value is -2.75. The third kappa shape index (κ3) is 2.74. The molecule has 21 heavy (non-hydrogen) atoms. The molecule has 1 aromatic carbocycles. The van der Waals surface area contributed by atoms with Crippen LogP contribution in [-0.4, -0.2) is 29.3 Å². The molecular formula is C17H16N4. The van der Waals surface area contributed by atoms with Crippen molar-refractivity contribution in [2.45, 2.75) is 0 Å². The third-order valence-electron chi connectivity index (χ3n) is 3.28. The Balaban J connectivity index is 2.21. The lowest BCUT2D eigenvalue weighted by Gasteiger charge is -2.14. The van der Waals surface area contributed by atoms with Crippen LogP contribution in [0.1, 0.15) is 0 Å². The summed E-state index contributed by atoms with van der Waals surface area (Å²) in [7, 11) is 3.92. The summed E-state index contributed by atoms with van der Waals surface area (Å²) < 4.78 is 0. The van der Waals surface area contributed by atoms with E-state index in [1.54, 1.807) is 12.4 Å². The minimum absolute atomic E-state index is 0.835. The van der Waals surface area contributed by atoms with Crippen LogP contribution in [0.15, 0.2) is 60.9 Å². The standard InChI is InChI=1S/C17H16N4/c1-21(2)16-12-15(13-8-10-18-11-9-13)17(20-19-16)14-6-4-3-5-7-14/h3-12H,1-2H3. The van der Waals surface area contributed by atoms with Crippen molar-refractivity contribution in [1.82, 2.24) is 15.2 Å². The molecule has 0 aliphatic carbocycles. The number of rotatable bonds is 3. The fourth-order valence-corrected chi connectivity index (χ4v) is 2.16. The lowest BCUT2D eigenvalue weighted by Crippen LogP contribution is -2.12. The van der Waals surface area contributed by atoms with Crippen molar-refractivity contribution in [3.63, 3.8) is 0 Å². The van der Waals surface area contributed by atoms with Gasteiger partial charge in [0.05, 0.1) is 0 Å².